The van der Waals surface area contributed by atoms with Crippen molar-refractivity contribution in [1.82, 2.24) is 19.8 Å². The second kappa shape index (κ2) is 8.02. The van der Waals surface area contributed by atoms with Crippen LogP contribution in [0, 0.1) is 19.7 Å². The van der Waals surface area contributed by atoms with E-state index in [1.807, 2.05) is 6.92 Å². The normalized spacial score (nSPS) is 10.9. The van der Waals surface area contributed by atoms with Gasteiger partial charge in [-0.1, -0.05) is 12.1 Å². The molecular weight excluding hydrogens is 401 g/mol. The molecule has 0 saturated heterocycles. The molecule has 2 heterocycles. The van der Waals surface area contributed by atoms with Crippen molar-refractivity contribution in [2.24, 2.45) is 0 Å². The van der Waals surface area contributed by atoms with Crippen molar-refractivity contribution in [2.45, 2.75) is 13.8 Å². The predicted molar refractivity (Wildman–Crippen MR) is 113 cm³/mol. The largest absolute Gasteiger partial charge is 0.497 e. The minimum Gasteiger partial charge on any atom is -0.497 e. The van der Waals surface area contributed by atoms with Gasteiger partial charge in [0, 0.05) is 6.07 Å². The molecule has 8 nitrogen and oxygen atoms in total. The van der Waals surface area contributed by atoms with Crippen LogP contribution in [0.15, 0.2) is 42.5 Å². The predicted octanol–water partition coefficient (Wildman–Crippen LogP) is 3.82. The Morgan fingerprint density at radius 1 is 1.03 bits per heavy atom. The molecule has 0 aliphatic heterocycles. The number of nitrogens with zero attached hydrogens (tertiary/aromatic N) is 4. The standard InChI is InChI=1S/C22H20FN5O3/c1-12-19(14-5-7-15(23)8-6-14)21-26-25-20(13(2)28(21)27-12)22(29)24-17-11-16(30-3)9-10-18(17)31-4/h5-11H,1-4H3,(H,24,29). The Morgan fingerprint density at radius 3 is 2.45 bits per heavy atom. The molecule has 2 aromatic carbocycles. The Balaban J connectivity index is 1.74. The summed E-state index contributed by atoms with van der Waals surface area (Å²) in [7, 11) is 3.05. The van der Waals surface area contributed by atoms with Crippen molar-refractivity contribution in [2.75, 3.05) is 19.5 Å². The van der Waals surface area contributed by atoms with Gasteiger partial charge in [-0.25, -0.2) is 8.91 Å². The van der Waals surface area contributed by atoms with Crippen LogP contribution in [0.2, 0.25) is 0 Å². The number of fused-ring (bicyclic) bond motifs is 1. The molecule has 31 heavy (non-hydrogen) atoms. The van der Waals surface area contributed by atoms with E-state index in [1.54, 1.807) is 41.8 Å². The summed E-state index contributed by atoms with van der Waals surface area (Å²) in [5, 5.41) is 15.7. The summed E-state index contributed by atoms with van der Waals surface area (Å²) in [5.41, 5.74) is 3.74. The third kappa shape index (κ3) is 3.65. The van der Waals surface area contributed by atoms with Crippen molar-refractivity contribution in [3.8, 4) is 22.6 Å². The number of benzene rings is 2. The fourth-order valence-corrected chi connectivity index (χ4v) is 3.37. The first-order valence-corrected chi connectivity index (χ1v) is 9.45. The molecule has 4 rings (SSSR count). The number of carbonyl (C=O) groups excluding carboxylic acids is 1. The van der Waals surface area contributed by atoms with E-state index in [0.717, 1.165) is 11.1 Å². The van der Waals surface area contributed by atoms with Crippen molar-refractivity contribution in [1.29, 1.82) is 0 Å². The Kier molecular flexibility index (Phi) is 5.24. The maximum atomic E-state index is 13.3. The highest BCUT2D eigenvalue weighted by atomic mass is 19.1. The van der Waals surface area contributed by atoms with Crippen molar-refractivity contribution in [3.63, 3.8) is 0 Å². The number of methoxy groups -OCH3 is 2. The van der Waals surface area contributed by atoms with E-state index >= 15 is 0 Å². The summed E-state index contributed by atoms with van der Waals surface area (Å²) in [4.78, 5) is 13.0. The average Bonchev–Trinajstić information content (AvgIpc) is 3.11. The summed E-state index contributed by atoms with van der Waals surface area (Å²) in [6, 6.07) is 11.2. The molecule has 0 fully saturated rings. The third-order valence-electron chi connectivity index (χ3n) is 4.94. The van der Waals surface area contributed by atoms with Gasteiger partial charge in [0.15, 0.2) is 11.3 Å². The van der Waals surface area contributed by atoms with Gasteiger partial charge < -0.3 is 14.8 Å². The second-order valence-corrected chi connectivity index (χ2v) is 6.86. The summed E-state index contributed by atoms with van der Waals surface area (Å²) in [6.45, 7) is 3.56. The Morgan fingerprint density at radius 2 is 1.77 bits per heavy atom. The summed E-state index contributed by atoms with van der Waals surface area (Å²) in [5.74, 6) is 0.261. The van der Waals surface area contributed by atoms with Crippen molar-refractivity contribution >= 4 is 17.2 Å². The van der Waals surface area contributed by atoms with Gasteiger partial charge in [-0.2, -0.15) is 5.10 Å². The summed E-state index contributed by atoms with van der Waals surface area (Å²) >= 11 is 0. The van der Waals surface area contributed by atoms with Crippen LogP contribution in [0.3, 0.4) is 0 Å². The number of aromatic nitrogens is 4. The van der Waals surface area contributed by atoms with Crippen LogP contribution in [-0.2, 0) is 0 Å². The first-order valence-electron chi connectivity index (χ1n) is 9.45. The molecule has 0 bridgehead atoms. The SMILES string of the molecule is COc1ccc(OC)c(NC(=O)c2nnc3c(-c4ccc(F)cc4)c(C)nn3c2C)c1. The lowest BCUT2D eigenvalue weighted by atomic mass is 10.1. The van der Waals surface area contributed by atoms with Gasteiger partial charge in [0.25, 0.3) is 5.91 Å². The molecule has 0 spiro atoms. The number of amides is 1. The van der Waals surface area contributed by atoms with E-state index in [9.17, 15) is 9.18 Å². The van der Waals surface area contributed by atoms with Crippen LogP contribution < -0.4 is 14.8 Å². The number of carbonyl (C=O) groups is 1. The number of hydrogen-bond donors (Lipinski definition) is 1. The number of rotatable bonds is 5. The quantitative estimate of drug-likeness (QED) is 0.527. The van der Waals surface area contributed by atoms with Crippen LogP contribution in [0.4, 0.5) is 10.1 Å². The first kappa shape index (κ1) is 20.3. The second-order valence-electron chi connectivity index (χ2n) is 6.86. The van der Waals surface area contributed by atoms with E-state index < -0.39 is 5.91 Å². The number of halogens is 1. The number of ether oxygens (including phenoxy) is 2. The zero-order valence-corrected chi connectivity index (χ0v) is 17.4. The number of hydrogen-bond acceptors (Lipinski definition) is 6. The lowest BCUT2D eigenvalue weighted by molar-refractivity contribution is 0.101. The highest BCUT2D eigenvalue weighted by Crippen LogP contribution is 2.30. The monoisotopic (exact) mass is 421 g/mol. The van der Waals surface area contributed by atoms with Gasteiger partial charge in [-0.15, -0.1) is 10.2 Å². The molecule has 158 valence electrons. The molecule has 4 aromatic rings. The van der Waals surface area contributed by atoms with Crippen molar-refractivity contribution < 1.29 is 18.7 Å². The minimum absolute atomic E-state index is 0.116. The highest BCUT2D eigenvalue weighted by Gasteiger charge is 2.21. The first-order chi connectivity index (χ1) is 14.9. The molecule has 0 aliphatic carbocycles. The summed E-state index contributed by atoms with van der Waals surface area (Å²) < 4.78 is 25.4. The lowest BCUT2D eigenvalue weighted by Crippen LogP contribution is -2.19. The number of nitrogens with one attached hydrogen (secondary N) is 1. The lowest BCUT2D eigenvalue weighted by Gasteiger charge is -2.12. The van der Waals surface area contributed by atoms with Crippen LogP contribution in [-0.4, -0.2) is 39.9 Å². The minimum atomic E-state index is -0.463. The van der Waals surface area contributed by atoms with Crippen LogP contribution in [0.1, 0.15) is 21.9 Å². The van der Waals surface area contributed by atoms with E-state index in [-0.39, 0.29) is 11.5 Å². The number of anilines is 1. The molecule has 1 amide bonds. The topological polar surface area (TPSA) is 90.6 Å². The van der Waals surface area contributed by atoms with Gasteiger partial charge >= 0.3 is 0 Å². The number of aryl methyl sites for hydroxylation is 2. The van der Waals surface area contributed by atoms with Gasteiger partial charge in [0.05, 0.1) is 36.9 Å². The van der Waals surface area contributed by atoms with Gasteiger partial charge in [-0.3, -0.25) is 4.79 Å². The molecule has 9 heteroatoms. The van der Waals surface area contributed by atoms with E-state index in [1.165, 1.54) is 26.4 Å². The molecule has 0 atom stereocenters. The molecule has 0 saturated carbocycles. The Labute approximate surface area is 177 Å². The molecule has 0 aliphatic rings. The third-order valence-corrected chi connectivity index (χ3v) is 4.94. The Bertz CT molecular complexity index is 1280. The van der Waals surface area contributed by atoms with E-state index in [4.69, 9.17) is 9.47 Å². The van der Waals surface area contributed by atoms with Gasteiger partial charge in [0.1, 0.15) is 17.3 Å². The molecular formula is C22H20FN5O3. The fraction of sp³-hybridized carbons (Fsp3) is 0.182. The fourth-order valence-electron chi connectivity index (χ4n) is 3.37. The van der Waals surface area contributed by atoms with Gasteiger partial charge in [0.2, 0.25) is 0 Å². The maximum Gasteiger partial charge on any atom is 0.278 e. The van der Waals surface area contributed by atoms with Crippen LogP contribution >= 0.6 is 0 Å². The average molecular weight is 421 g/mol. The smallest absolute Gasteiger partial charge is 0.278 e. The zero-order chi connectivity index (χ0) is 22.1. The van der Waals surface area contributed by atoms with Crippen molar-refractivity contribution in [3.05, 3.63) is 65.4 Å². The highest BCUT2D eigenvalue weighted by molar-refractivity contribution is 6.04. The molecule has 1 N–H and O–H groups in total. The molecule has 0 unspecified atom stereocenters. The summed E-state index contributed by atoms with van der Waals surface area (Å²) in [6.07, 6.45) is 0. The maximum absolute atomic E-state index is 13.3. The van der Waals surface area contributed by atoms with Gasteiger partial charge in [-0.05, 0) is 43.7 Å². The van der Waals surface area contributed by atoms with E-state index in [2.05, 4.69) is 20.6 Å². The van der Waals surface area contributed by atoms with Crippen LogP contribution in [0.25, 0.3) is 16.8 Å². The Hall–Kier alpha value is -4.01. The molecule has 2 aromatic heterocycles. The zero-order valence-electron chi connectivity index (χ0n) is 17.4. The van der Waals surface area contributed by atoms with Crippen LogP contribution in [0.5, 0.6) is 11.5 Å². The molecule has 0 radical (unpaired) electrons. The van der Waals surface area contributed by atoms with E-state index in [0.29, 0.717) is 34.2 Å².